The van der Waals surface area contributed by atoms with E-state index in [1.165, 1.54) is 6.33 Å². The maximum Gasteiger partial charge on any atom is 0.226 e. The molecule has 2 aromatic heterocycles. The topological polar surface area (TPSA) is 92.8 Å². The van der Waals surface area contributed by atoms with Crippen LogP contribution in [0.4, 0.5) is 5.82 Å². The summed E-state index contributed by atoms with van der Waals surface area (Å²) in [5, 5.41) is 3.29. The third-order valence-electron chi connectivity index (χ3n) is 3.49. The van der Waals surface area contributed by atoms with Gasteiger partial charge in [-0.3, -0.25) is 0 Å². The van der Waals surface area contributed by atoms with E-state index in [2.05, 4.69) is 25.3 Å². The molecule has 0 amide bonds. The van der Waals surface area contributed by atoms with Crippen LogP contribution in [0.25, 0.3) is 11.2 Å². The van der Waals surface area contributed by atoms with Gasteiger partial charge in [0.05, 0.1) is 11.9 Å². The van der Waals surface area contributed by atoms with Crippen LogP contribution in [0, 0.1) is 0 Å². The molecule has 0 fully saturated rings. The number of fused-ring (bicyclic) bond motifs is 1. The van der Waals surface area contributed by atoms with Crippen LogP contribution in [-0.2, 0) is 9.53 Å². The van der Waals surface area contributed by atoms with Crippen LogP contribution >= 0.6 is 11.6 Å². The van der Waals surface area contributed by atoms with Crippen LogP contribution in [0.3, 0.4) is 0 Å². The molecule has 0 bridgehead atoms. The van der Waals surface area contributed by atoms with Crippen LogP contribution in [0.1, 0.15) is 13.8 Å². The van der Waals surface area contributed by atoms with Gasteiger partial charge in [-0.25, -0.2) is 9.78 Å². The van der Waals surface area contributed by atoms with Gasteiger partial charge in [0.15, 0.2) is 11.5 Å². The summed E-state index contributed by atoms with van der Waals surface area (Å²) in [5.41, 5.74) is 3.21. The highest BCUT2D eigenvalue weighted by Crippen LogP contribution is 2.27. The van der Waals surface area contributed by atoms with Crippen molar-refractivity contribution in [2.24, 2.45) is 0 Å². The lowest BCUT2D eigenvalue weighted by Gasteiger charge is -2.23. The van der Waals surface area contributed by atoms with E-state index in [1.807, 2.05) is 19.8 Å². The van der Waals surface area contributed by atoms with Crippen molar-refractivity contribution in [1.29, 1.82) is 0 Å². The second-order valence-electron chi connectivity index (χ2n) is 4.89. The summed E-state index contributed by atoms with van der Waals surface area (Å²) in [6.07, 6.45) is 4.55. The standard InChI is InChI=1S/C15H14ClN5O2/c1-3-23-12-8(2)10(5-4-9(12)6-22)19-14-11-13(18-7-17-11)20-15(16)21-14/h4-5,7,12H,3H2,1-2H3,(H2,17,18,19,20,21). The molecule has 23 heavy (non-hydrogen) atoms. The predicted octanol–water partition coefficient (Wildman–Crippen LogP) is 2.43. The molecule has 0 saturated heterocycles. The van der Waals surface area contributed by atoms with E-state index in [1.54, 1.807) is 12.2 Å². The minimum absolute atomic E-state index is 0.0972. The number of carbonyl (C=O) groups excluding carboxylic acids is 1. The third kappa shape index (κ3) is 2.90. The van der Waals surface area contributed by atoms with E-state index in [4.69, 9.17) is 16.3 Å². The Morgan fingerprint density at radius 2 is 2.26 bits per heavy atom. The van der Waals surface area contributed by atoms with Gasteiger partial charge < -0.3 is 15.0 Å². The fraction of sp³-hybridized carbons (Fsp3) is 0.267. The second-order valence-corrected chi connectivity index (χ2v) is 5.23. The summed E-state index contributed by atoms with van der Waals surface area (Å²) in [6, 6.07) is 0. The zero-order valence-electron chi connectivity index (χ0n) is 12.6. The predicted molar refractivity (Wildman–Crippen MR) is 86.8 cm³/mol. The molecule has 1 unspecified atom stereocenters. The van der Waals surface area contributed by atoms with Crippen molar-refractivity contribution < 1.29 is 9.53 Å². The summed E-state index contributed by atoms with van der Waals surface area (Å²) in [5.74, 6) is 2.42. The quantitative estimate of drug-likeness (QED) is 0.660. The van der Waals surface area contributed by atoms with Crippen LogP contribution < -0.4 is 5.32 Å². The number of rotatable bonds is 4. The number of H-pyrrole nitrogens is 1. The molecule has 8 heteroatoms. The Hall–Kier alpha value is -2.47. The van der Waals surface area contributed by atoms with Crippen molar-refractivity contribution in [1.82, 2.24) is 19.9 Å². The minimum atomic E-state index is -0.431. The van der Waals surface area contributed by atoms with Gasteiger partial charge >= 0.3 is 0 Å². The van der Waals surface area contributed by atoms with E-state index in [-0.39, 0.29) is 5.28 Å². The Morgan fingerprint density at radius 1 is 1.43 bits per heavy atom. The van der Waals surface area contributed by atoms with E-state index in [0.29, 0.717) is 29.2 Å². The van der Waals surface area contributed by atoms with Crippen LogP contribution in [0.15, 0.2) is 35.3 Å². The van der Waals surface area contributed by atoms with Gasteiger partial charge in [0, 0.05) is 12.3 Å². The summed E-state index contributed by atoms with van der Waals surface area (Å²) >= 11 is 5.93. The monoisotopic (exact) mass is 331 g/mol. The first-order valence-corrected chi connectivity index (χ1v) is 7.41. The van der Waals surface area contributed by atoms with Crippen molar-refractivity contribution >= 4 is 34.5 Å². The molecule has 3 rings (SSSR count). The van der Waals surface area contributed by atoms with E-state index in [0.717, 1.165) is 11.3 Å². The Morgan fingerprint density at radius 3 is 3.00 bits per heavy atom. The number of halogens is 1. The van der Waals surface area contributed by atoms with Crippen molar-refractivity contribution in [2.75, 3.05) is 11.9 Å². The maximum absolute atomic E-state index is 11.1. The Balaban J connectivity index is 2.01. The molecule has 118 valence electrons. The largest absolute Gasteiger partial charge is 0.369 e. The molecule has 0 saturated carbocycles. The van der Waals surface area contributed by atoms with Gasteiger partial charge in [0.1, 0.15) is 17.6 Å². The maximum atomic E-state index is 11.1. The van der Waals surface area contributed by atoms with E-state index >= 15 is 0 Å². The Kier molecular flexibility index (Phi) is 4.25. The number of hydrogen-bond acceptors (Lipinski definition) is 6. The number of ether oxygens (including phenoxy) is 1. The first-order chi connectivity index (χ1) is 11.1. The van der Waals surface area contributed by atoms with Gasteiger partial charge in [0.2, 0.25) is 5.28 Å². The fourth-order valence-corrected chi connectivity index (χ4v) is 2.56. The van der Waals surface area contributed by atoms with Gasteiger partial charge in [-0.1, -0.05) is 0 Å². The molecule has 2 aromatic rings. The average molecular weight is 332 g/mol. The molecule has 1 aliphatic carbocycles. The molecule has 0 aromatic carbocycles. The molecule has 7 nitrogen and oxygen atoms in total. The number of imidazole rings is 1. The molecule has 2 N–H and O–H groups in total. The van der Waals surface area contributed by atoms with Gasteiger partial charge in [-0.15, -0.1) is 0 Å². The number of aromatic nitrogens is 4. The number of anilines is 1. The van der Waals surface area contributed by atoms with Crippen molar-refractivity contribution in [2.45, 2.75) is 20.0 Å². The summed E-state index contributed by atoms with van der Waals surface area (Å²) in [4.78, 5) is 26.3. The molecular formula is C15H14ClN5O2. The van der Waals surface area contributed by atoms with Crippen LogP contribution in [-0.4, -0.2) is 38.6 Å². The van der Waals surface area contributed by atoms with Crippen molar-refractivity contribution in [3.8, 4) is 0 Å². The second kappa shape index (κ2) is 6.34. The number of nitrogens with zero attached hydrogens (tertiary/aromatic N) is 3. The molecule has 0 spiro atoms. The molecule has 2 heterocycles. The number of nitrogens with one attached hydrogen (secondary N) is 2. The normalized spacial score (nSPS) is 17.7. The van der Waals surface area contributed by atoms with E-state index in [9.17, 15) is 4.79 Å². The molecule has 0 aliphatic heterocycles. The number of allylic oxidation sites excluding steroid dienone is 1. The summed E-state index contributed by atoms with van der Waals surface area (Å²) in [7, 11) is 0. The van der Waals surface area contributed by atoms with Crippen molar-refractivity contribution in [3.05, 3.63) is 40.6 Å². The first-order valence-electron chi connectivity index (χ1n) is 7.03. The molecule has 0 radical (unpaired) electrons. The molecule has 1 atom stereocenters. The fourth-order valence-electron chi connectivity index (χ4n) is 2.40. The minimum Gasteiger partial charge on any atom is -0.369 e. The smallest absolute Gasteiger partial charge is 0.226 e. The SMILES string of the molecule is CCOC1C(=C=O)C=CC(Nc2nc(Cl)nc3nc[nH]c23)=C1C. The first kappa shape index (κ1) is 15.4. The van der Waals surface area contributed by atoms with Gasteiger partial charge in [0.25, 0.3) is 0 Å². The average Bonchev–Trinajstić information content (AvgIpc) is 2.99. The van der Waals surface area contributed by atoms with Gasteiger partial charge in [-0.05, 0) is 43.2 Å². The van der Waals surface area contributed by atoms with Crippen molar-refractivity contribution in [3.63, 3.8) is 0 Å². The van der Waals surface area contributed by atoms with Gasteiger partial charge in [-0.2, -0.15) is 9.97 Å². The summed E-state index contributed by atoms with van der Waals surface area (Å²) in [6.45, 7) is 4.24. The van der Waals surface area contributed by atoms with Crippen LogP contribution in [0.5, 0.6) is 0 Å². The third-order valence-corrected chi connectivity index (χ3v) is 3.66. The molecule has 1 aliphatic rings. The summed E-state index contributed by atoms with van der Waals surface area (Å²) < 4.78 is 5.64. The number of hydrogen-bond donors (Lipinski definition) is 2. The lowest BCUT2D eigenvalue weighted by Crippen LogP contribution is -2.23. The zero-order chi connectivity index (χ0) is 16.4. The van der Waals surface area contributed by atoms with Crippen LogP contribution in [0.2, 0.25) is 5.28 Å². The molecular weight excluding hydrogens is 318 g/mol. The van der Waals surface area contributed by atoms with E-state index < -0.39 is 6.10 Å². The Bertz CT molecular complexity index is 864. The number of aromatic amines is 1. The highest BCUT2D eigenvalue weighted by Gasteiger charge is 2.23. The lowest BCUT2D eigenvalue weighted by atomic mass is 9.96. The Labute approximate surface area is 137 Å². The highest BCUT2D eigenvalue weighted by atomic mass is 35.5. The highest BCUT2D eigenvalue weighted by molar-refractivity contribution is 6.28. The zero-order valence-corrected chi connectivity index (χ0v) is 13.3. The lowest BCUT2D eigenvalue weighted by molar-refractivity contribution is 0.114.